The highest BCUT2D eigenvalue weighted by Gasteiger charge is 2.42. The molecular formula is C10H7BrF4O3. The molecule has 1 aromatic carbocycles. The van der Waals surface area contributed by atoms with Gasteiger partial charge in [-0.1, -0.05) is 15.9 Å². The van der Waals surface area contributed by atoms with Crippen LogP contribution in [0, 0.1) is 0 Å². The molecule has 0 saturated heterocycles. The number of alkyl halides is 4. The number of benzene rings is 1. The van der Waals surface area contributed by atoms with E-state index < -0.39 is 30.7 Å². The molecule has 0 aliphatic rings. The minimum Gasteiger partial charge on any atom is -0.486 e. The second kappa shape index (κ2) is 5.55. The summed E-state index contributed by atoms with van der Waals surface area (Å²) in [6, 6.07) is 3.59. The summed E-state index contributed by atoms with van der Waals surface area (Å²) in [5.41, 5.74) is -0.386. The fourth-order valence-corrected chi connectivity index (χ4v) is 1.37. The highest BCUT2D eigenvalue weighted by Crippen LogP contribution is 2.28. The first-order valence-corrected chi connectivity index (χ1v) is 5.35. The molecule has 0 atom stereocenters. The van der Waals surface area contributed by atoms with Crippen LogP contribution < -0.4 is 4.74 Å². The number of carboxylic acids is 1. The van der Waals surface area contributed by atoms with Gasteiger partial charge in [-0.3, -0.25) is 0 Å². The van der Waals surface area contributed by atoms with Gasteiger partial charge >= 0.3 is 18.3 Å². The minimum absolute atomic E-state index is 0.378. The predicted molar refractivity (Wildman–Crippen MR) is 57.5 cm³/mol. The lowest BCUT2D eigenvalue weighted by molar-refractivity contribution is -0.148. The second-order valence-corrected chi connectivity index (χ2v) is 4.21. The van der Waals surface area contributed by atoms with Gasteiger partial charge in [0.05, 0.1) is 0 Å². The zero-order valence-electron chi connectivity index (χ0n) is 8.67. The van der Waals surface area contributed by atoms with Crippen molar-refractivity contribution in [3.05, 3.63) is 28.2 Å². The molecule has 0 fully saturated rings. The second-order valence-electron chi connectivity index (χ2n) is 3.30. The van der Waals surface area contributed by atoms with Crippen molar-refractivity contribution in [3.63, 3.8) is 0 Å². The Balaban J connectivity index is 2.90. The Bertz CT molecular complexity index is 451. The van der Waals surface area contributed by atoms with Gasteiger partial charge in [-0.15, -0.1) is 0 Å². The summed E-state index contributed by atoms with van der Waals surface area (Å²) >= 11 is 2.99. The first kappa shape index (κ1) is 14.7. The molecule has 0 saturated carbocycles. The van der Waals surface area contributed by atoms with E-state index >= 15 is 0 Å². The molecule has 0 unspecified atom stereocenters. The van der Waals surface area contributed by atoms with Crippen LogP contribution in [0.3, 0.4) is 0 Å². The smallest absolute Gasteiger partial charge is 0.340 e. The quantitative estimate of drug-likeness (QED) is 0.841. The molecule has 0 heterocycles. The van der Waals surface area contributed by atoms with Gasteiger partial charge in [-0.2, -0.15) is 8.78 Å². The van der Waals surface area contributed by atoms with Crippen molar-refractivity contribution in [1.29, 1.82) is 0 Å². The molecule has 1 aromatic rings. The van der Waals surface area contributed by atoms with E-state index in [-0.39, 0.29) is 5.56 Å². The van der Waals surface area contributed by atoms with E-state index in [2.05, 4.69) is 20.7 Å². The van der Waals surface area contributed by atoms with Crippen molar-refractivity contribution in [2.24, 2.45) is 0 Å². The largest absolute Gasteiger partial charge is 0.486 e. The van der Waals surface area contributed by atoms with E-state index in [1.165, 1.54) is 6.07 Å². The lowest BCUT2D eigenvalue weighted by Crippen LogP contribution is -2.34. The van der Waals surface area contributed by atoms with Crippen LogP contribution in [0.4, 0.5) is 17.6 Å². The summed E-state index contributed by atoms with van der Waals surface area (Å²) in [4.78, 5) is 10.8. The Morgan fingerprint density at radius 1 is 1.44 bits per heavy atom. The molecule has 8 heteroatoms. The van der Waals surface area contributed by atoms with Crippen LogP contribution in [-0.2, 0) is 0 Å². The number of carboxylic acid groups (broad SMARTS) is 1. The van der Waals surface area contributed by atoms with Gasteiger partial charge in [0.15, 0.2) is 6.61 Å². The molecule has 0 aliphatic heterocycles. The van der Waals surface area contributed by atoms with Gasteiger partial charge in [0.25, 0.3) is 0 Å². The van der Waals surface area contributed by atoms with Crippen molar-refractivity contribution in [2.45, 2.75) is 12.3 Å². The number of halogens is 5. The van der Waals surface area contributed by atoms with Gasteiger partial charge in [-0.25, -0.2) is 13.6 Å². The van der Waals surface area contributed by atoms with Gasteiger partial charge in [-0.05, 0) is 18.2 Å². The SMILES string of the molecule is O=C(O)c1ccc(Br)cc1OCC(F)(F)C(F)F. The molecule has 1 N–H and O–H groups in total. The van der Waals surface area contributed by atoms with Gasteiger partial charge in [0.1, 0.15) is 11.3 Å². The lowest BCUT2D eigenvalue weighted by atomic mass is 10.2. The van der Waals surface area contributed by atoms with E-state index in [4.69, 9.17) is 5.11 Å². The topological polar surface area (TPSA) is 46.5 Å². The lowest BCUT2D eigenvalue weighted by Gasteiger charge is -2.17. The summed E-state index contributed by atoms with van der Waals surface area (Å²) < 4.78 is 53.9. The van der Waals surface area contributed by atoms with Crippen molar-refractivity contribution in [3.8, 4) is 5.75 Å². The molecule has 1 rings (SSSR count). The molecule has 18 heavy (non-hydrogen) atoms. The first-order chi connectivity index (χ1) is 8.24. The third kappa shape index (κ3) is 3.59. The average molecular weight is 331 g/mol. The summed E-state index contributed by atoms with van der Waals surface area (Å²) in [5.74, 6) is -6.15. The van der Waals surface area contributed by atoms with Gasteiger partial charge < -0.3 is 9.84 Å². The van der Waals surface area contributed by atoms with Crippen LogP contribution in [0.25, 0.3) is 0 Å². The maximum Gasteiger partial charge on any atom is 0.340 e. The maximum atomic E-state index is 12.6. The van der Waals surface area contributed by atoms with Crippen LogP contribution in [0.5, 0.6) is 5.75 Å². The Hall–Kier alpha value is -1.31. The fourth-order valence-electron chi connectivity index (χ4n) is 1.03. The predicted octanol–water partition coefficient (Wildman–Crippen LogP) is 3.43. The number of aromatic carboxylic acids is 1. The summed E-state index contributed by atoms with van der Waals surface area (Å²) in [7, 11) is 0. The Labute approximate surface area is 107 Å². The van der Waals surface area contributed by atoms with Gasteiger partial charge in [0.2, 0.25) is 0 Å². The zero-order chi connectivity index (χ0) is 13.9. The first-order valence-electron chi connectivity index (χ1n) is 4.55. The van der Waals surface area contributed by atoms with E-state index in [1.807, 2.05) is 0 Å². The molecule has 0 radical (unpaired) electrons. The molecule has 0 aliphatic carbocycles. The molecule has 0 spiro atoms. The van der Waals surface area contributed by atoms with Crippen molar-refractivity contribution in [2.75, 3.05) is 6.61 Å². The monoisotopic (exact) mass is 330 g/mol. The number of rotatable bonds is 5. The summed E-state index contributed by atoms with van der Waals surface area (Å²) in [6.45, 7) is -1.60. The molecule has 0 amide bonds. The molecular weight excluding hydrogens is 324 g/mol. The summed E-state index contributed by atoms with van der Waals surface area (Å²) in [5, 5.41) is 8.76. The highest BCUT2D eigenvalue weighted by molar-refractivity contribution is 9.10. The van der Waals surface area contributed by atoms with E-state index in [9.17, 15) is 22.4 Å². The van der Waals surface area contributed by atoms with Crippen molar-refractivity contribution < 1.29 is 32.2 Å². The Kier molecular flexibility index (Phi) is 4.55. The summed E-state index contributed by atoms with van der Waals surface area (Å²) in [6.07, 6.45) is -3.88. The van der Waals surface area contributed by atoms with Crippen LogP contribution in [-0.4, -0.2) is 30.0 Å². The van der Waals surface area contributed by atoms with Crippen LogP contribution in [0.2, 0.25) is 0 Å². The molecule has 0 aromatic heterocycles. The normalized spacial score (nSPS) is 11.7. The van der Waals surface area contributed by atoms with E-state index in [0.29, 0.717) is 4.47 Å². The molecule has 100 valence electrons. The Morgan fingerprint density at radius 2 is 2.06 bits per heavy atom. The van der Waals surface area contributed by atoms with E-state index in [1.54, 1.807) is 0 Å². The van der Waals surface area contributed by atoms with Crippen LogP contribution in [0.1, 0.15) is 10.4 Å². The number of ether oxygens (including phenoxy) is 1. The highest BCUT2D eigenvalue weighted by atomic mass is 79.9. The van der Waals surface area contributed by atoms with Crippen LogP contribution >= 0.6 is 15.9 Å². The average Bonchev–Trinajstić information content (AvgIpc) is 2.26. The maximum absolute atomic E-state index is 12.6. The fraction of sp³-hybridized carbons (Fsp3) is 0.300. The third-order valence-electron chi connectivity index (χ3n) is 1.91. The van der Waals surface area contributed by atoms with Crippen molar-refractivity contribution in [1.82, 2.24) is 0 Å². The van der Waals surface area contributed by atoms with Crippen molar-refractivity contribution >= 4 is 21.9 Å². The Morgan fingerprint density at radius 3 is 2.56 bits per heavy atom. The number of hydrogen-bond acceptors (Lipinski definition) is 2. The van der Waals surface area contributed by atoms with E-state index in [0.717, 1.165) is 12.1 Å². The third-order valence-corrected chi connectivity index (χ3v) is 2.41. The zero-order valence-corrected chi connectivity index (χ0v) is 10.3. The van der Waals surface area contributed by atoms with Gasteiger partial charge in [0, 0.05) is 4.47 Å². The number of hydrogen-bond donors (Lipinski definition) is 1. The standard InChI is InChI=1S/C10H7BrF4O3/c11-5-1-2-6(8(16)17)7(3-5)18-4-10(14,15)9(12)13/h1-3,9H,4H2,(H,16,17). The molecule has 3 nitrogen and oxygen atoms in total. The molecule has 0 bridgehead atoms. The van der Waals surface area contributed by atoms with Crippen LogP contribution in [0.15, 0.2) is 22.7 Å². The number of carbonyl (C=O) groups is 1. The minimum atomic E-state index is -4.34.